The lowest BCUT2D eigenvalue weighted by molar-refractivity contribution is -0.121. The zero-order chi connectivity index (χ0) is 44.3. The van der Waals surface area contributed by atoms with Gasteiger partial charge in [-0.2, -0.15) is 10.2 Å². The molecule has 322 valence electrons. The number of rotatable bonds is 16. The number of azo groups is 2. The molecule has 4 aromatic carbocycles. The molecule has 0 bridgehead atoms. The Morgan fingerprint density at radius 1 is 0.603 bits per heavy atom. The summed E-state index contributed by atoms with van der Waals surface area (Å²) in [5, 5.41) is 34.0. The second-order valence-electron chi connectivity index (χ2n) is 12.6. The van der Waals surface area contributed by atoms with Gasteiger partial charge in [-0.3, -0.25) is 9.59 Å². The van der Waals surface area contributed by atoms with Gasteiger partial charge >= 0.3 is 0 Å². The van der Waals surface area contributed by atoms with Gasteiger partial charge in [-0.25, -0.2) is 20.8 Å². The van der Waals surface area contributed by atoms with Crippen LogP contribution in [0.1, 0.15) is 25.0 Å². The van der Waals surface area contributed by atoms with Crippen LogP contribution < -0.4 is 29.8 Å². The summed E-state index contributed by atoms with van der Waals surface area (Å²) in [7, 11) is 6.06. The number of amides is 2. The molecule has 18 nitrogen and oxygen atoms in total. The predicted octanol–water partition coefficient (Wildman–Crippen LogP) is 9.28. The van der Waals surface area contributed by atoms with Crippen LogP contribution in [0.3, 0.4) is 0 Å². The number of amidine groups is 2. The van der Waals surface area contributed by atoms with Crippen molar-refractivity contribution in [3.8, 4) is 23.0 Å². The van der Waals surface area contributed by atoms with Crippen LogP contribution in [0, 0.1) is 0 Å². The molecule has 0 aliphatic heterocycles. The molecule has 2 amide bonds. The number of hydrogen-bond donors (Lipinski definition) is 2. The van der Waals surface area contributed by atoms with Gasteiger partial charge in [0.25, 0.3) is 11.8 Å². The van der Waals surface area contributed by atoms with Crippen molar-refractivity contribution in [3.63, 3.8) is 0 Å². The number of hydrazone groups is 2. The van der Waals surface area contributed by atoms with Crippen LogP contribution in [-0.2, 0) is 9.59 Å². The largest absolute Gasteiger partial charge is 0.493 e. The molecule has 2 N–H and O–H groups in total. The van der Waals surface area contributed by atoms with Crippen molar-refractivity contribution in [1.82, 2.24) is 31.0 Å². The fraction of sp³-hybridized carbons (Fsp3) is 0.200. The summed E-state index contributed by atoms with van der Waals surface area (Å²) in [5.74, 6) is 1.07. The van der Waals surface area contributed by atoms with Gasteiger partial charge in [0.1, 0.15) is 0 Å². The van der Waals surface area contributed by atoms with Gasteiger partial charge in [-0.05, 0) is 68.4 Å². The first-order valence-corrected chi connectivity index (χ1v) is 22.8. The van der Waals surface area contributed by atoms with Crippen LogP contribution >= 0.6 is 57.5 Å². The zero-order valence-electron chi connectivity index (χ0n) is 34.2. The van der Waals surface area contributed by atoms with Gasteiger partial charge in [-0.15, -0.1) is 30.7 Å². The predicted molar refractivity (Wildman–Crippen MR) is 247 cm³/mol. The summed E-state index contributed by atoms with van der Waals surface area (Å²) < 4.78 is 24.9. The van der Waals surface area contributed by atoms with Crippen molar-refractivity contribution >= 4 is 112 Å². The highest BCUT2D eigenvalue weighted by Crippen LogP contribution is 2.35. The van der Waals surface area contributed by atoms with Crippen molar-refractivity contribution in [2.24, 2.45) is 30.7 Å². The number of benzene rings is 4. The molecule has 3 aromatic heterocycles. The quantitative estimate of drug-likeness (QED) is 0.0304. The molecule has 7 rings (SSSR count). The minimum absolute atomic E-state index is 0.0638. The topological polar surface area (TPSA) is 221 Å². The van der Waals surface area contributed by atoms with Gasteiger partial charge in [-0.1, -0.05) is 87.9 Å². The van der Waals surface area contributed by atoms with Crippen molar-refractivity contribution in [3.05, 3.63) is 96.1 Å². The Kier molecular flexibility index (Phi) is 15.0. The number of fused-ring (bicyclic) bond motifs is 2. The highest BCUT2D eigenvalue weighted by Gasteiger charge is 2.22. The van der Waals surface area contributed by atoms with E-state index in [2.05, 4.69) is 61.7 Å². The van der Waals surface area contributed by atoms with E-state index in [1.54, 1.807) is 50.2 Å². The summed E-state index contributed by atoms with van der Waals surface area (Å²) in [6.45, 7) is 3.41. The number of nitrogens with zero attached hydrogens (tertiary/aromatic N) is 10. The van der Waals surface area contributed by atoms with Crippen molar-refractivity contribution < 1.29 is 28.5 Å². The Morgan fingerprint density at radius 3 is 1.68 bits per heavy atom. The average molecular weight is 941 g/mol. The van der Waals surface area contributed by atoms with Gasteiger partial charge in [0.2, 0.25) is 21.9 Å². The summed E-state index contributed by atoms with van der Waals surface area (Å²) in [6.07, 6.45) is 0. The van der Waals surface area contributed by atoms with E-state index in [1.165, 1.54) is 86.0 Å². The number of methoxy groups -OCH3 is 4. The molecule has 23 heteroatoms. The van der Waals surface area contributed by atoms with Crippen molar-refractivity contribution in [1.29, 1.82) is 0 Å². The summed E-state index contributed by atoms with van der Waals surface area (Å²) in [4.78, 5) is 35.7. The van der Waals surface area contributed by atoms with Crippen LogP contribution in [-0.4, -0.2) is 82.6 Å². The molecule has 0 spiro atoms. The molecule has 0 aliphatic carbocycles. The molecular formula is C40H36N12O6S5. The minimum Gasteiger partial charge on any atom is -0.493 e. The van der Waals surface area contributed by atoms with E-state index >= 15 is 0 Å². The molecule has 3 heterocycles. The number of hydrogen-bond acceptors (Lipinski definition) is 19. The van der Waals surface area contributed by atoms with Crippen LogP contribution in [0.5, 0.6) is 23.0 Å². The van der Waals surface area contributed by atoms with Crippen molar-refractivity contribution in [2.75, 3.05) is 28.4 Å². The maximum absolute atomic E-state index is 13.4. The number of carbonyl (C=O) groups excluding carboxylic acids is 2. The van der Waals surface area contributed by atoms with Crippen LogP contribution in [0.2, 0.25) is 0 Å². The third kappa shape index (κ3) is 11.2. The number of thioether (sulfide) groups is 2. The van der Waals surface area contributed by atoms with Crippen molar-refractivity contribution in [2.45, 2.75) is 33.0 Å². The third-order valence-corrected chi connectivity index (χ3v) is 13.7. The van der Waals surface area contributed by atoms with E-state index in [1.807, 2.05) is 48.5 Å². The van der Waals surface area contributed by atoms with E-state index in [9.17, 15) is 9.59 Å². The molecule has 63 heavy (non-hydrogen) atoms. The minimum atomic E-state index is -0.656. The maximum atomic E-state index is 13.4. The van der Waals surface area contributed by atoms with Gasteiger partial charge in [0.15, 0.2) is 31.7 Å². The molecule has 0 saturated heterocycles. The lowest BCUT2D eigenvalue weighted by Gasteiger charge is -2.12. The molecule has 2 unspecified atom stereocenters. The smallest absolute Gasteiger partial charge is 0.253 e. The molecular weight excluding hydrogens is 905 g/mol. The highest BCUT2D eigenvalue weighted by atomic mass is 32.2. The fourth-order valence-corrected chi connectivity index (χ4v) is 10.3. The second-order valence-corrected chi connectivity index (χ2v) is 18.8. The normalized spacial score (nSPS) is 13.1. The summed E-state index contributed by atoms with van der Waals surface area (Å²) in [5.41, 5.74) is 7.72. The molecule has 0 saturated carbocycles. The second kappa shape index (κ2) is 21.1. The SMILES string of the molecule is COc1ccc(C(N=Nc2nc3ccccc3s2)=NNC(=O)C(C)Sc2nnc(SC(C)C(=O)NN=C(N=Nc3nc4ccccc4s3)c3cccc(OC)c3OC)s2)cc1OC. The van der Waals surface area contributed by atoms with E-state index in [0.717, 1.165) is 20.4 Å². The average Bonchev–Trinajstić information content (AvgIpc) is 4.06. The van der Waals surface area contributed by atoms with Crippen LogP contribution in [0.15, 0.2) is 124 Å². The summed E-state index contributed by atoms with van der Waals surface area (Å²) >= 11 is 6.33. The van der Waals surface area contributed by atoms with Gasteiger partial charge < -0.3 is 18.9 Å². The number of para-hydroxylation sites is 3. The first-order chi connectivity index (χ1) is 30.7. The number of aromatic nitrogens is 4. The van der Waals surface area contributed by atoms with Gasteiger partial charge in [0.05, 0.1) is 64.9 Å². The van der Waals surface area contributed by atoms with Crippen LogP contribution in [0.4, 0.5) is 10.3 Å². The zero-order valence-corrected chi connectivity index (χ0v) is 38.3. The molecule has 2 atom stereocenters. The first-order valence-electron chi connectivity index (χ1n) is 18.6. The van der Waals surface area contributed by atoms with E-state index < -0.39 is 22.3 Å². The van der Waals surface area contributed by atoms with Gasteiger partial charge in [0, 0.05) is 5.56 Å². The van der Waals surface area contributed by atoms with E-state index in [0.29, 0.717) is 53.1 Å². The Labute approximate surface area is 380 Å². The first kappa shape index (κ1) is 44.6. The highest BCUT2D eigenvalue weighted by molar-refractivity contribution is 8.04. The lowest BCUT2D eigenvalue weighted by atomic mass is 10.1. The molecule has 0 fully saturated rings. The molecule has 0 radical (unpaired) electrons. The standard InChI is InChI=1S/C40H36N12O6S5/c1-21(35(53)47-43-33(23-18-19-27(55-3)29(20-23)57-5)44-49-37-41-25-13-7-9-16-30(25)61-37)59-39-51-52-40(63-39)60-22(2)36(54)48-45-34(24-12-11-15-28(56-4)32(24)58-6)46-50-38-42-26-14-8-10-17-31(26)62-38/h7-22H,1-6H3,(H,47,53)(H,48,54). The Balaban J connectivity index is 1.01. The number of ether oxygens (including phenoxy) is 4. The monoisotopic (exact) mass is 940 g/mol. The fourth-order valence-electron chi connectivity index (χ4n) is 5.41. The van der Waals surface area contributed by atoms with Crippen LogP contribution in [0.25, 0.3) is 20.4 Å². The Hall–Kier alpha value is -6.40. The molecule has 7 aromatic rings. The number of carbonyl (C=O) groups is 2. The van der Waals surface area contributed by atoms with E-state index in [-0.39, 0.29) is 11.7 Å². The van der Waals surface area contributed by atoms with E-state index in [4.69, 9.17) is 18.9 Å². The number of thiazole rings is 2. The maximum Gasteiger partial charge on any atom is 0.253 e. The Morgan fingerprint density at radius 2 is 1.14 bits per heavy atom. The third-order valence-electron chi connectivity index (χ3n) is 8.54. The number of nitrogens with one attached hydrogen (secondary N) is 2. The summed E-state index contributed by atoms with van der Waals surface area (Å²) in [6, 6.07) is 25.6. The molecule has 0 aliphatic rings. The lowest BCUT2D eigenvalue weighted by Crippen LogP contribution is -2.27. The Bertz CT molecular complexity index is 2810.